The lowest BCUT2D eigenvalue weighted by Crippen LogP contribution is -2.46. The Labute approximate surface area is 150 Å². The molecule has 0 aliphatic carbocycles. The molecule has 0 N–H and O–H groups in total. The number of carbonyl (C=O) groups is 1. The number of ether oxygens (including phenoxy) is 4. The number of benzene rings is 1. The first-order valence-corrected chi connectivity index (χ1v) is 8.98. The van der Waals surface area contributed by atoms with Crippen LogP contribution in [0, 0.1) is 0 Å². The molecule has 5 nitrogen and oxygen atoms in total. The second-order valence-corrected chi connectivity index (χ2v) is 7.10. The topological polar surface area (TPSA) is 54.0 Å². The highest BCUT2D eigenvalue weighted by Gasteiger charge is 2.36. The Bertz CT molecular complexity index is 528. The summed E-state index contributed by atoms with van der Waals surface area (Å²) in [5, 5.41) is 0. The van der Waals surface area contributed by atoms with Gasteiger partial charge < -0.3 is 18.9 Å². The molecule has 0 unspecified atom stereocenters. The van der Waals surface area contributed by atoms with Gasteiger partial charge in [-0.3, -0.25) is 4.79 Å². The standard InChI is InChI=1S/C20H30O5/c1-15(23-16(2)21)12-19-13-18(24-20(3,4)25-19)10-11-22-14-17-8-6-5-7-9-17/h5-9,15,18-19H,10-14H2,1-4H3/t15-,18+,19-/m0/s1. The van der Waals surface area contributed by atoms with Gasteiger partial charge in [-0.1, -0.05) is 30.3 Å². The first-order valence-electron chi connectivity index (χ1n) is 8.98. The molecule has 1 saturated heterocycles. The third-order valence-electron chi connectivity index (χ3n) is 4.08. The molecule has 1 aromatic carbocycles. The van der Waals surface area contributed by atoms with Gasteiger partial charge in [0.2, 0.25) is 0 Å². The summed E-state index contributed by atoms with van der Waals surface area (Å²) < 4.78 is 23.0. The van der Waals surface area contributed by atoms with Gasteiger partial charge in [0.05, 0.1) is 18.8 Å². The van der Waals surface area contributed by atoms with E-state index in [9.17, 15) is 4.79 Å². The maximum atomic E-state index is 11.1. The zero-order chi connectivity index (χ0) is 18.3. The Morgan fingerprint density at radius 1 is 1.24 bits per heavy atom. The van der Waals surface area contributed by atoms with Crippen molar-refractivity contribution in [2.24, 2.45) is 0 Å². The third-order valence-corrected chi connectivity index (χ3v) is 4.08. The largest absolute Gasteiger partial charge is 0.463 e. The lowest BCUT2D eigenvalue weighted by Gasteiger charge is -2.41. The maximum Gasteiger partial charge on any atom is 0.302 e. The summed E-state index contributed by atoms with van der Waals surface area (Å²) >= 11 is 0. The highest BCUT2D eigenvalue weighted by atomic mass is 16.7. The van der Waals surface area contributed by atoms with Crippen molar-refractivity contribution < 1.29 is 23.7 Å². The molecule has 25 heavy (non-hydrogen) atoms. The quantitative estimate of drug-likeness (QED) is 0.527. The predicted octanol–water partition coefficient (Wildman–Crippen LogP) is 3.85. The number of esters is 1. The van der Waals surface area contributed by atoms with Crippen LogP contribution < -0.4 is 0 Å². The van der Waals surface area contributed by atoms with Gasteiger partial charge in [-0.05, 0) is 32.8 Å². The summed E-state index contributed by atoms with van der Waals surface area (Å²) in [6.07, 6.45) is 2.20. The minimum absolute atomic E-state index is 0.0113. The van der Waals surface area contributed by atoms with Gasteiger partial charge in [0.15, 0.2) is 5.79 Å². The van der Waals surface area contributed by atoms with Gasteiger partial charge in [0, 0.05) is 26.4 Å². The molecule has 0 spiro atoms. The van der Waals surface area contributed by atoms with Gasteiger partial charge in [-0.15, -0.1) is 0 Å². The highest BCUT2D eigenvalue weighted by Crippen LogP contribution is 2.30. The van der Waals surface area contributed by atoms with Gasteiger partial charge in [-0.2, -0.15) is 0 Å². The second-order valence-electron chi connectivity index (χ2n) is 7.10. The summed E-state index contributed by atoms with van der Waals surface area (Å²) in [4.78, 5) is 11.1. The van der Waals surface area contributed by atoms with Gasteiger partial charge in [0.25, 0.3) is 0 Å². The SMILES string of the molecule is CC(=O)O[C@@H](C)C[C@H]1C[C@@H](CCOCc2ccccc2)OC(C)(C)O1. The minimum Gasteiger partial charge on any atom is -0.463 e. The fourth-order valence-corrected chi connectivity index (χ4v) is 3.22. The molecule has 2 rings (SSSR count). The summed E-state index contributed by atoms with van der Waals surface area (Å²) in [5.74, 6) is -0.896. The van der Waals surface area contributed by atoms with Crippen molar-refractivity contribution in [1.29, 1.82) is 0 Å². The van der Waals surface area contributed by atoms with Crippen LogP contribution in [0.2, 0.25) is 0 Å². The van der Waals surface area contributed by atoms with Crippen molar-refractivity contribution in [3.05, 3.63) is 35.9 Å². The average molecular weight is 350 g/mol. The van der Waals surface area contributed by atoms with Crippen LogP contribution >= 0.6 is 0 Å². The van der Waals surface area contributed by atoms with Crippen LogP contribution in [-0.2, 0) is 30.3 Å². The van der Waals surface area contributed by atoms with E-state index in [4.69, 9.17) is 18.9 Å². The fourth-order valence-electron chi connectivity index (χ4n) is 3.22. The molecule has 3 atom stereocenters. The first-order chi connectivity index (χ1) is 11.8. The van der Waals surface area contributed by atoms with Gasteiger partial charge in [-0.25, -0.2) is 0 Å². The van der Waals surface area contributed by atoms with E-state index in [-0.39, 0.29) is 24.3 Å². The summed E-state index contributed by atoms with van der Waals surface area (Å²) in [5.41, 5.74) is 1.17. The van der Waals surface area contributed by atoms with Crippen LogP contribution in [-0.4, -0.2) is 36.7 Å². The number of hydrogen-bond acceptors (Lipinski definition) is 5. The van der Waals surface area contributed by atoms with Crippen molar-refractivity contribution in [2.75, 3.05) is 6.61 Å². The van der Waals surface area contributed by atoms with Gasteiger partial charge in [0.1, 0.15) is 6.10 Å². The van der Waals surface area contributed by atoms with Gasteiger partial charge >= 0.3 is 5.97 Å². The van der Waals surface area contributed by atoms with Crippen molar-refractivity contribution >= 4 is 5.97 Å². The molecule has 1 fully saturated rings. The van der Waals surface area contributed by atoms with Crippen LogP contribution in [0.1, 0.15) is 52.5 Å². The lowest BCUT2D eigenvalue weighted by molar-refractivity contribution is -0.304. The Balaban J connectivity index is 1.76. The van der Waals surface area contributed by atoms with E-state index >= 15 is 0 Å². The Morgan fingerprint density at radius 2 is 1.92 bits per heavy atom. The average Bonchev–Trinajstić information content (AvgIpc) is 2.50. The zero-order valence-corrected chi connectivity index (χ0v) is 15.7. The molecule has 0 aromatic heterocycles. The summed E-state index contributed by atoms with van der Waals surface area (Å²) in [6, 6.07) is 10.1. The van der Waals surface area contributed by atoms with Crippen molar-refractivity contribution in [2.45, 2.75) is 77.7 Å². The Kier molecular flexibility index (Phi) is 7.41. The van der Waals surface area contributed by atoms with E-state index in [1.807, 2.05) is 39.0 Å². The molecule has 1 heterocycles. The fraction of sp³-hybridized carbons (Fsp3) is 0.650. The van der Waals surface area contributed by atoms with Crippen molar-refractivity contribution in [3.8, 4) is 0 Å². The predicted molar refractivity (Wildman–Crippen MR) is 95.0 cm³/mol. The Hall–Kier alpha value is -1.43. The molecule has 0 radical (unpaired) electrons. The van der Waals surface area contributed by atoms with E-state index in [1.165, 1.54) is 12.5 Å². The molecule has 5 heteroatoms. The highest BCUT2D eigenvalue weighted by molar-refractivity contribution is 5.66. The lowest BCUT2D eigenvalue weighted by atomic mass is 10.0. The second kappa shape index (κ2) is 9.32. The molecular formula is C20H30O5. The van der Waals surface area contributed by atoms with E-state index < -0.39 is 5.79 Å². The van der Waals surface area contributed by atoms with Crippen molar-refractivity contribution in [3.63, 3.8) is 0 Å². The van der Waals surface area contributed by atoms with Crippen LogP contribution in [0.15, 0.2) is 30.3 Å². The molecule has 0 saturated carbocycles. The third kappa shape index (κ3) is 7.55. The first kappa shape index (κ1) is 19.9. The van der Waals surface area contributed by atoms with E-state index in [0.29, 0.717) is 19.6 Å². The maximum absolute atomic E-state index is 11.1. The molecule has 1 aliphatic heterocycles. The number of carbonyl (C=O) groups excluding carboxylic acids is 1. The molecule has 0 amide bonds. The smallest absolute Gasteiger partial charge is 0.302 e. The normalized spacial score (nSPS) is 23.8. The number of rotatable bonds is 8. The van der Waals surface area contributed by atoms with E-state index in [0.717, 1.165) is 12.8 Å². The van der Waals surface area contributed by atoms with Crippen LogP contribution in [0.4, 0.5) is 0 Å². The van der Waals surface area contributed by atoms with Crippen molar-refractivity contribution in [1.82, 2.24) is 0 Å². The van der Waals surface area contributed by atoms with E-state index in [2.05, 4.69) is 12.1 Å². The summed E-state index contributed by atoms with van der Waals surface area (Å²) in [6.45, 7) is 8.42. The summed E-state index contributed by atoms with van der Waals surface area (Å²) in [7, 11) is 0. The van der Waals surface area contributed by atoms with Crippen LogP contribution in [0.25, 0.3) is 0 Å². The molecule has 1 aromatic rings. The molecular weight excluding hydrogens is 320 g/mol. The van der Waals surface area contributed by atoms with Crippen LogP contribution in [0.3, 0.4) is 0 Å². The molecule has 140 valence electrons. The monoisotopic (exact) mass is 350 g/mol. The zero-order valence-electron chi connectivity index (χ0n) is 15.7. The number of hydrogen-bond donors (Lipinski definition) is 0. The molecule has 0 bridgehead atoms. The van der Waals surface area contributed by atoms with E-state index in [1.54, 1.807) is 0 Å². The molecule has 1 aliphatic rings. The minimum atomic E-state index is -0.636. The van der Waals surface area contributed by atoms with Crippen LogP contribution in [0.5, 0.6) is 0 Å². The Morgan fingerprint density at radius 3 is 2.60 bits per heavy atom.